The van der Waals surface area contributed by atoms with Gasteiger partial charge in [-0.2, -0.15) is 0 Å². The van der Waals surface area contributed by atoms with Gasteiger partial charge in [-0.25, -0.2) is 4.79 Å². The van der Waals surface area contributed by atoms with Crippen molar-refractivity contribution >= 4 is 17.6 Å². The van der Waals surface area contributed by atoms with E-state index in [-0.39, 0.29) is 35.9 Å². The molecule has 0 atom stereocenters. The second-order valence-electron chi connectivity index (χ2n) is 10.3. The van der Waals surface area contributed by atoms with Crippen LogP contribution in [0.5, 0.6) is 11.5 Å². The molecule has 0 aliphatic carbocycles. The quantitative estimate of drug-likeness (QED) is 0.0832. The first-order chi connectivity index (χ1) is 18.3. The van der Waals surface area contributed by atoms with Gasteiger partial charge in [0.25, 0.3) is 0 Å². The Bertz CT molecular complexity index is 1130. The molecule has 0 heterocycles. The fourth-order valence-electron chi connectivity index (χ4n) is 3.91. The highest BCUT2D eigenvalue weighted by Crippen LogP contribution is 2.20. The summed E-state index contributed by atoms with van der Waals surface area (Å²) >= 11 is 0. The van der Waals surface area contributed by atoms with Crippen LogP contribution in [0.15, 0.2) is 78.9 Å². The SMILES string of the molecule is C[N+](C)(C)c1ccc(CC(=O)OCCCCCCCCOc2ccc(OC(=O)c3ccccc3)cc2)cc1.[I-]. The van der Waals surface area contributed by atoms with Crippen molar-refractivity contribution in [1.29, 1.82) is 0 Å². The van der Waals surface area contributed by atoms with Crippen molar-refractivity contribution in [2.45, 2.75) is 44.9 Å². The number of hydrogen-bond acceptors (Lipinski definition) is 5. The van der Waals surface area contributed by atoms with Crippen molar-refractivity contribution < 1.29 is 47.8 Å². The van der Waals surface area contributed by atoms with Crippen LogP contribution in [0.1, 0.15) is 54.4 Å². The van der Waals surface area contributed by atoms with Gasteiger partial charge >= 0.3 is 11.9 Å². The Labute approximate surface area is 249 Å². The van der Waals surface area contributed by atoms with Gasteiger partial charge in [0.2, 0.25) is 0 Å². The number of carbonyl (C=O) groups excluding carboxylic acids is 2. The average molecular weight is 646 g/mol. The molecule has 0 radical (unpaired) electrons. The predicted octanol–water partition coefficient (Wildman–Crippen LogP) is 3.61. The van der Waals surface area contributed by atoms with Gasteiger partial charge in [0.05, 0.1) is 46.3 Å². The van der Waals surface area contributed by atoms with Gasteiger partial charge in [-0.3, -0.25) is 9.28 Å². The zero-order valence-electron chi connectivity index (χ0n) is 23.2. The molecule has 0 unspecified atom stereocenters. The lowest BCUT2D eigenvalue weighted by molar-refractivity contribution is -0.142. The maximum Gasteiger partial charge on any atom is 0.343 e. The number of quaternary nitrogens is 1. The highest BCUT2D eigenvalue weighted by molar-refractivity contribution is 5.90. The highest BCUT2D eigenvalue weighted by atomic mass is 127. The summed E-state index contributed by atoms with van der Waals surface area (Å²) in [5.41, 5.74) is 2.70. The van der Waals surface area contributed by atoms with Gasteiger partial charge < -0.3 is 38.2 Å². The molecule has 0 saturated carbocycles. The highest BCUT2D eigenvalue weighted by Gasteiger charge is 2.12. The van der Waals surface area contributed by atoms with E-state index in [1.54, 1.807) is 36.4 Å². The molecule has 3 aromatic rings. The van der Waals surface area contributed by atoms with E-state index in [1.807, 2.05) is 30.3 Å². The minimum Gasteiger partial charge on any atom is -1.00 e. The van der Waals surface area contributed by atoms with E-state index >= 15 is 0 Å². The topological polar surface area (TPSA) is 61.8 Å². The summed E-state index contributed by atoms with van der Waals surface area (Å²) in [6.07, 6.45) is 6.58. The van der Waals surface area contributed by atoms with Crippen molar-refractivity contribution in [3.8, 4) is 11.5 Å². The molecule has 0 N–H and O–H groups in total. The molecular weight excluding hydrogens is 605 g/mol. The van der Waals surface area contributed by atoms with Crippen LogP contribution in [-0.4, -0.2) is 46.3 Å². The summed E-state index contributed by atoms with van der Waals surface area (Å²) in [5.74, 6) is 0.711. The molecule has 0 aliphatic heterocycles. The van der Waals surface area contributed by atoms with Crippen LogP contribution in [0.3, 0.4) is 0 Å². The Morgan fingerprint density at radius 1 is 0.667 bits per heavy atom. The zero-order valence-corrected chi connectivity index (χ0v) is 25.4. The Morgan fingerprint density at radius 3 is 1.85 bits per heavy atom. The molecule has 0 fully saturated rings. The monoisotopic (exact) mass is 645 g/mol. The number of esters is 2. The molecule has 0 bridgehead atoms. The normalized spacial score (nSPS) is 10.8. The first kappa shape index (κ1) is 32.3. The third-order valence-corrected chi connectivity index (χ3v) is 6.17. The number of carbonyl (C=O) groups is 2. The number of hydrogen-bond donors (Lipinski definition) is 0. The number of unbranched alkanes of at least 4 members (excludes halogenated alkanes) is 5. The van der Waals surface area contributed by atoms with Crippen molar-refractivity contribution in [3.63, 3.8) is 0 Å². The Kier molecular flexibility index (Phi) is 14.0. The third-order valence-electron chi connectivity index (χ3n) is 6.17. The lowest BCUT2D eigenvalue weighted by atomic mass is 10.1. The van der Waals surface area contributed by atoms with Crippen LogP contribution in [0.4, 0.5) is 5.69 Å². The molecular formula is C32H40INO5. The van der Waals surface area contributed by atoms with Crippen LogP contribution >= 0.6 is 0 Å². The first-order valence-electron chi connectivity index (χ1n) is 13.4. The van der Waals surface area contributed by atoms with Crippen molar-refractivity contribution in [3.05, 3.63) is 90.0 Å². The Balaban J connectivity index is 0.00000533. The number of rotatable bonds is 15. The summed E-state index contributed by atoms with van der Waals surface area (Å²) in [6, 6.07) is 24.2. The van der Waals surface area contributed by atoms with Crippen molar-refractivity contribution in [2.24, 2.45) is 0 Å². The molecule has 210 valence electrons. The molecule has 3 aromatic carbocycles. The van der Waals surface area contributed by atoms with Crippen molar-refractivity contribution in [1.82, 2.24) is 4.48 Å². The van der Waals surface area contributed by atoms with Gasteiger partial charge in [-0.05, 0) is 66.9 Å². The molecule has 3 rings (SSSR count). The molecule has 0 aliphatic rings. The van der Waals surface area contributed by atoms with E-state index in [1.165, 1.54) is 5.69 Å². The summed E-state index contributed by atoms with van der Waals surface area (Å²) < 4.78 is 17.3. The molecule has 39 heavy (non-hydrogen) atoms. The van der Waals surface area contributed by atoms with E-state index in [4.69, 9.17) is 14.2 Å². The smallest absolute Gasteiger partial charge is 0.343 e. The summed E-state index contributed by atoms with van der Waals surface area (Å²) in [7, 11) is 6.35. The molecule has 0 saturated heterocycles. The molecule has 7 heteroatoms. The lowest BCUT2D eigenvalue weighted by Gasteiger charge is -2.23. The van der Waals surface area contributed by atoms with Gasteiger partial charge in [-0.15, -0.1) is 0 Å². The van der Waals surface area contributed by atoms with Crippen LogP contribution in [0.2, 0.25) is 0 Å². The van der Waals surface area contributed by atoms with Crippen LogP contribution in [-0.2, 0) is 16.0 Å². The first-order valence-corrected chi connectivity index (χ1v) is 13.4. The van der Waals surface area contributed by atoms with Gasteiger partial charge in [0.1, 0.15) is 17.2 Å². The molecule has 0 amide bonds. The number of ether oxygens (including phenoxy) is 3. The van der Waals surface area contributed by atoms with E-state index in [0.717, 1.165) is 54.3 Å². The molecule has 0 spiro atoms. The summed E-state index contributed by atoms with van der Waals surface area (Å²) in [5, 5.41) is 0. The molecule has 0 aromatic heterocycles. The molecule has 6 nitrogen and oxygen atoms in total. The van der Waals surface area contributed by atoms with Gasteiger partial charge in [-0.1, -0.05) is 56.0 Å². The number of benzene rings is 3. The van der Waals surface area contributed by atoms with Crippen LogP contribution in [0.25, 0.3) is 0 Å². The van der Waals surface area contributed by atoms with E-state index in [0.29, 0.717) is 30.9 Å². The van der Waals surface area contributed by atoms with Crippen LogP contribution in [0, 0.1) is 0 Å². The average Bonchev–Trinajstić information content (AvgIpc) is 2.91. The maximum atomic E-state index is 12.1. The lowest BCUT2D eigenvalue weighted by Crippen LogP contribution is -3.00. The minimum absolute atomic E-state index is 0. The van der Waals surface area contributed by atoms with Gasteiger partial charge in [0, 0.05) is 0 Å². The summed E-state index contributed by atoms with van der Waals surface area (Å²) in [6.45, 7) is 1.13. The third kappa shape index (κ3) is 12.2. The van der Waals surface area contributed by atoms with Crippen LogP contribution < -0.4 is 37.9 Å². The predicted molar refractivity (Wildman–Crippen MR) is 152 cm³/mol. The maximum absolute atomic E-state index is 12.1. The fourth-order valence-corrected chi connectivity index (χ4v) is 3.91. The Morgan fingerprint density at radius 2 is 1.23 bits per heavy atom. The Hall–Kier alpha value is -2.91. The number of nitrogens with zero attached hydrogens (tertiary/aromatic N) is 1. The second kappa shape index (κ2) is 16.9. The minimum atomic E-state index is -0.376. The summed E-state index contributed by atoms with van der Waals surface area (Å²) in [4.78, 5) is 24.2. The van der Waals surface area contributed by atoms with E-state index in [2.05, 4.69) is 33.3 Å². The zero-order chi connectivity index (χ0) is 27.2. The van der Waals surface area contributed by atoms with Gasteiger partial charge in [0.15, 0.2) is 0 Å². The van der Waals surface area contributed by atoms with E-state index in [9.17, 15) is 9.59 Å². The largest absolute Gasteiger partial charge is 1.00 e. The number of halogens is 1. The fraction of sp³-hybridized carbons (Fsp3) is 0.375. The van der Waals surface area contributed by atoms with E-state index < -0.39 is 0 Å². The second-order valence-corrected chi connectivity index (χ2v) is 10.3. The van der Waals surface area contributed by atoms with Crippen molar-refractivity contribution in [2.75, 3.05) is 34.4 Å². The standard InChI is InChI=1S/C32H40NO5.HI/c1-33(2,3)28-17-15-26(16-18-28)25-31(34)37-24-12-7-5-4-6-11-23-36-29-19-21-30(22-20-29)38-32(35)27-13-9-8-10-14-27;/h8-10,13-22H,4-7,11-12,23-25H2,1-3H3;1H/q+1;/p-1.